The molecule has 3 nitrogen and oxygen atoms in total. The molecule has 1 rings (SSSR count). The lowest BCUT2D eigenvalue weighted by atomic mass is 10.3. The molecule has 0 amide bonds. The quantitative estimate of drug-likeness (QED) is 0.681. The Balaban J connectivity index is 2.62. The average Bonchev–Trinajstić information content (AvgIpc) is 2.26. The van der Waals surface area contributed by atoms with Crippen LogP contribution in [0.25, 0.3) is 0 Å². The third-order valence-electron chi connectivity index (χ3n) is 1.78. The summed E-state index contributed by atoms with van der Waals surface area (Å²) < 4.78 is 1.87. The number of nitrogens with zero attached hydrogens (tertiary/aromatic N) is 2. The molecule has 0 saturated carbocycles. The summed E-state index contributed by atoms with van der Waals surface area (Å²) in [6.07, 6.45) is 0.571. The zero-order valence-corrected chi connectivity index (χ0v) is 7.79. The van der Waals surface area contributed by atoms with Gasteiger partial charge in [-0.25, -0.2) is 0 Å². The van der Waals surface area contributed by atoms with Gasteiger partial charge in [-0.2, -0.15) is 5.10 Å². The largest absolute Gasteiger partial charge is 0.300 e. The van der Waals surface area contributed by atoms with Crippen LogP contribution >= 0.6 is 0 Å². The first kappa shape index (κ1) is 8.97. The molecular weight excluding hydrogens is 152 g/mol. The maximum absolute atomic E-state index is 10.7. The van der Waals surface area contributed by atoms with Crippen LogP contribution in [0.3, 0.4) is 0 Å². The third kappa shape index (κ3) is 2.19. The monoisotopic (exact) mass is 166 g/mol. The highest BCUT2D eigenvalue weighted by molar-refractivity contribution is 5.75. The lowest BCUT2D eigenvalue weighted by molar-refractivity contribution is -0.117. The Morgan fingerprint density at radius 2 is 2.25 bits per heavy atom. The van der Waals surface area contributed by atoms with Crippen LogP contribution < -0.4 is 0 Å². The van der Waals surface area contributed by atoms with E-state index >= 15 is 0 Å². The van der Waals surface area contributed by atoms with Gasteiger partial charge in [-0.05, 0) is 26.8 Å². The Morgan fingerprint density at radius 3 is 2.67 bits per heavy atom. The highest BCUT2D eigenvalue weighted by Gasteiger charge is 2.01. The summed E-state index contributed by atoms with van der Waals surface area (Å²) in [6, 6.07) is 2.01. The van der Waals surface area contributed by atoms with Gasteiger partial charge in [0.25, 0.3) is 0 Å². The molecule has 0 aliphatic heterocycles. The highest BCUT2D eigenvalue weighted by Crippen LogP contribution is 2.02. The van der Waals surface area contributed by atoms with Crippen LogP contribution in [0.5, 0.6) is 0 Å². The first-order valence-electron chi connectivity index (χ1n) is 4.10. The first-order valence-corrected chi connectivity index (χ1v) is 4.10. The fraction of sp³-hybridized carbons (Fsp3) is 0.556. The number of carbonyl (C=O) groups excluding carboxylic acids is 1. The minimum Gasteiger partial charge on any atom is -0.300 e. The molecule has 3 heteroatoms. The van der Waals surface area contributed by atoms with E-state index in [1.54, 1.807) is 6.92 Å². The topological polar surface area (TPSA) is 34.9 Å². The van der Waals surface area contributed by atoms with E-state index in [1.807, 2.05) is 24.6 Å². The lowest BCUT2D eigenvalue weighted by Gasteiger charge is -2.00. The number of hydrogen-bond donors (Lipinski definition) is 0. The fourth-order valence-corrected chi connectivity index (χ4v) is 1.16. The van der Waals surface area contributed by atoms with Crippen LogP contribution in [-0.4, -0.2) is 15.6 Å². The first-order chi connectivity index (χ1) is 5.59. The number of hydrogen-bond acceptors (Lipinski definition) is 2. The SMILES string of the molecule is CC(=O)CCn1nc(C)cc1C. The molecule has 0 aliphatic carbocycles. The van der Waals surface area contributed by atoms with Crippen LogP contribution in [0.15, 0.2) is 6.07 Å². The van der Waals surface area contributed by atoms with E-state index in [-0.39, 0.29) is 5.78 Å². The number of carbonyl (C=O) groups is 1. The molecule has 0 aromatic carbocycles. The summed E-state index contributed by atoms with van der Waals surface area (Å²) in [4.78, 5) is 10.7. The predicted molar refractivity (Wildman–Crippen MR) is 47.0 cm³/mol. The summed E-state index contributed by atoms with van der Waals surface area (Å²) in [5, 5.41) is 4.25. The molecule has 1 aromatic rings. The Labute approximate surface area is 72.4 Å². The molecule has 0 atom stereocenters. The second kappa shape index (κ2) is 3.52. The van der Waals surface area contributed by atoms with Crippen molar-refractivity contribution in [1.82, 2.24) is 9.78 Å². The van der Waals surface area contributed by atoms with Gasteiger partial charge in [0.2, 0.25) is 0 Å². The van der Waals surface area contributed by atoms with Crippen molar-refractivity contribution in [3.63, 3.8) is 0 Å². The van der Waals surface area contributed by atoms with Crippen LogP contribution in [-0.2, 0) is 11.3 Å². The van der Waals surface area contributed by atoms with Crippen molar-refractivity contribution < 1.29 is 4.79 Å². The molecule has 12 heavy (non-hydrogen) atoms. The van der Waals surface area contributed by atoms with Gasteiger partial charge in [0.15, 0.2) is 0 Å². The smallest absolute Gasteiger partial charge is 0.131 e. The molecule has 1 heterocycles. The minimum absolute atomic E-state index is 0.211. The third-order valence-corrected chi connectivity index (χ3v) is 1.78. The zero-order valence-electron chi connectivity index (χ0n) is 7.79. The molecule has 0 saturated heterocycles. The van der Waals surface area contributed by atoms with E-state index < -0.39 is 0 Å². The van der Waals surface area contributed by atoms with Crippen LogP contribution in [0.4, 0.5) is 0 Å². The van der Waals surface area contributed by atoms with Gasteiger partial charge in [-0.1, -0.05) is 0 Å². The number of rotatable bonds is 3. The van der Waals surface area contributed by atoms with Crippen LogP contribution in [0.1, 0.15) is 24.7 Å². The van der Waals surface area contributed by atoms with E-state index in [0.717, 1.165) is 11.4 Å². The second-order valence-electron chi connectivity index (χ2n) is 3.10. The maximum atomic E-state index is 10.7. The molecule has 0 unspecified atom stereocenters. The van der Waals surface area contributed by atoms with Gasteiger partial charge in [-0.3, -0.25) is 9.48 Å². The fourth-order valence-electron chi connectivity index (χ4n) is 1.16. The number of aromatic nitrogens is 2. The van der Waals surface area contributed by atoms with Crippen LogP contribution in [0.2, 0.25) is 0 Å². The van der Waals surface area contributed by atoms with Gasteiger partial charge in [-0.15, -0.1) is 0 Å². The summed E-state index contributed by atoms with van der Waals surface area (Å²) >= 11 is 0. The molecule has 66 valence electrons. The molecule has 0 radical (unpaired) electrons. The lowest BCUT2D eigenvalue weighted by Crippen LogP contribution is -2.05. The predicted octanol–water partition coefficient (Wildman–Crippen LogP) is 1.48. The molecule has 0 aliphatic rings. The van der Waals surface area contributed by atoms with Crippen molar-refractivity contribution in [2.24, 2.45) is 0 Å². The molecule has 0 spiro atoms. The maximum Gasteiger partial charge on any atom is 0.131 e. The van der Waals surface area contributed by atoms with Gasteiger partial charge in [0.05, 0.1) is 5.69 Å². The van der Waals surface area contributed by atoms with E-state index in [1.165, 1.54) is 0 Å². The molecule has 0 N–H and O–H groups in total. The van der Waals surface area contributed by atoms with Crippen molar-refractivity contribution in [2.75, 3.05) is 0 Å². The van der Waals surface area contributed by atoms with Crippen LogP contribution in [0, 0.1) is 13.8 Å². The Bertz CT molecular complexity index is 289. The van der Waals surface area contributed by atoms with E-state index in [0.29, 0.717) is 13.0 Å². The van der Waals surface area contributed by atoms with Gasteiger partial charge in [0.1, 0.15) is 5.78 Å². The minimum atomic E-state index is 0.211. The highest BCUT2D eigenvalue weighted by atomic mass is 16.1. The zero-order chi connectivity index (χ0) is 9.14. The van der Waals surface area contributed by atoms with Gasteiger partial charge in [0, 0.05) is 18.7 Å². The van der Waals surface area contributed by atoms with Crippen molar-refractivity contribution >= 4 is 5.78 Å². The van der Waals surface area contributed by atoms with E-state index in [4.69, 9.17) is 0 Å². The van der Waals surface area contributed by atoms with Gasteiger partial charge < -0.3 is 0 Å². The van der Waals surface area contributed by atoms with Crippen molar-refractivity contribution in [2.45, 2.75) is 33.7 Å². The number of aryl methyl sites for hydroxylation is 3. The Morgan fingerprint density at radius 1 is 1.58 bits per heavy atom. The Hall–Kier alpha value is -1.12. The molecule has 0 bridgehead atoms. The average molecular weight is 166 g/mol. The Kier molecular flexibility index (Phi) is 2.63. The summed E-state index contributed by atoms with van der Waals surface area (Å²) in [5.41, 5.74) is 2.13. The summed E-state index contributed by atoms with van der Waals surface area (Å²) in [5.74, 6) is 0.211. The van der Waals surface area contributed by atoms with E-state index in [9.17, 15) is 4.79 Å². The number of Topliss-reactive ketones (excluding diaryl/α,β-unsaturated/α-hetero) is 1. The van der Waals surface area contributed by atoms with Crippen molar-refractivity contribution in [3.8, 4) is 0 Å². The van der Waals surface area contributed by atoms with Gasteiger partial charge >= 0.3 is 0 Å². The van der Waals surface area contributed by atoms with Crippen molar-refractivity contribution in [1.29, 1.82) is 0 Å². The normalized spacial score (nSPS) is 10.2. The molecule has 1 aromatic heterocycles. The molecule has 0 fully saturated rings. The number of ketones is 1. The molecular formula is C9H14N2O. The standard InChI is InChI=1S/C9H14N2O/c1-7-6-8(2)11(10-7)5-4-9(3)12/h6H,4-5H2,1-3H3. The van der Waals surface area contributed by atoms with Crippen molar-refractivity contribution in [3.05, 3.63) is 17.5 Å². The van der Waals surface area contributed by atoms with E-state index in [2.05, 4.69) is 5.10 Å². The summed E-state index contributed by atoms with van der Waals surface area (Å²) in [6.45, 7) is 6.26. The second-order valence-corrected chi connectivity index (χ2v) is 3.10. The summed E-state index contributed by atoms with van der Waals surface area (Å²) in [7, 11) is 0.